The van der Waals surface area contributed by atoms with Gasteiger partial charge in [-0.25, -0.2) is 0 Å². The SMILES string of the molecule is CCOc1cc(CNc2c(C)nn(C)c2C)ccc1O. The molecule has 2 aromatic rings. The van der Waals surface area contributed by atoms with E-state index in [4.69, 9.17) is 4.74 Å². The minimum atomic E-state index is 0.171. The van der Waals surface area contributed by atoms with Crippen LogP contribution in [0, 0.1) is 13.8 Å². The quantitative estimate of drug-likeness (QED) is 0.881. The van der Waals surface area contributed by atoms with Crippen LogP contribution in [0.3, 0.4) is 0 Å². The van der Waals surface area contributed by atoms with Crippen molar-refractivity contribution in [2.75, 3.05) is 11.9 Å². The van der Waals surface area contributed by atoms with Gasteiger partial charge in [-0.1, -0.05) is 6.07 Å². The number of aromatic nitrogens is 2. The smallest absolute Gasteiger partial charge is 0.161 e. The molecule has 1 heterocycles. The van der Waals surface area contributed by atoms with E-state index in [1.54, 1.807) is 6.07 Å². The van der Waals surface area contributed by atoms with Gasteiger partial charge in [0.15, 0.2) is 11.5 Å². The van der Waals surface area contributed by atoms with E-state index < -0.39 is 0 Å². The average Bonchev–Trinajstić information content (AvgIpc) is 2.65. The summed E-state index contributed by atoms with van der Waals surface area (Å²) in [5.41, 5.74) is 4.19. The van der Waals surface area contributed by atoms with Gasteiger partial charge in [0.25, 0.3) is 0 Å². The molecule has 0 saturated heterocycles. The van der Waals surface area contributed by atoms with Gasteiger partial charge in [-0.05, 0) is 38.5 Å². The fourth-order valence-corrected chi connectivity index (χ4v) is 2.16. The lowest BCUT2D eigenvalue weighted by atomic mass is 10.2. The van der Waals surface area contributed by atoms with Crippen LogP contribution in [-0.4, -0.2) is 21.5 Å². The second-order valence-corrected chi connectivity index (χ2v) is 4.76. The maximum Gasteiger partial charge on any atom is 0.161 e. The van der Waals surface area contributed by atoms with Gasteiger partial charge >= 0.3 is 0 Å². The van der Waals surface area contributed by atoms with Gasteiger partial charge in [0.2, 0.25) is 0 Å². The number of rotatable bonds is 5. The van der Waals surface area contributed by atoms with E-state index in [-0.39, 0.29) is 5.75 Å². The standard InChI is InChI=1S/C15H21N3O2/c1-5-20-14-8-12(6-7-13(14)19)9-16-15-10(2)17-18(4)11(15)3/h6-8,16,19H,5,9H2,1-4H3. The number of ether oxygens (including phenoxy) is 1. The van der Waals surface area contributed by atoms with Crippen LogP contribution >= 0.6 is 0 Å². The molecule has 0 bridgehead atoms. The lowest BCUT2D eigenvalue weighted by molar-refractivity contribution is 0.318. The Labute approximate surface area is 119 Å². The number of nitrogens with zero attached hydrogens (tertiary/aromatic N) is 2. The molecule has 20 heavy (non-hydrogen) atoms. The molecule has 2 N–H and O–H groups in total. The summed E-state index contributed by atoms with van der Waals surface area (Å²) in [4.78, 5) is 0. The predicted octanol–water partition coefficient (Wildman–Crippen LogP) is 2.75. The molecule has 2 rings (SSSR count). The molecule has 0 fully saturated rings. The van der Waals surface area contributed by atoms with Crippen molar-refractivity contribution in [2.45, 2.75) is 27.3 Å². The second kappa shape index (κ2) is 5.86. The third kappa shape index (κ3) is 2.87. The van der Waals surface area contributed by atoms with Crippen LogP contribution in [0.2, 0.25) is 0 Å². The molecule has 0 aliphatic carbocycles. The van der Waals surface area contributed by atoms with Crippen molar-refractivity contribution in [2.24, 2.45) is 7.05 Å². The van der Waals surface area contributed by atoms with Gasteiger partial charge in [-0.3, -0.25) is 4.68 Å². The molecule has 0 amide bonds. The first kappa shape index (κ1) is 14.2. The van der Waals surface area contributed by atoms with Crippen LogP contribution in [0.1, 0.15) is 23.9 Å². The summed E-state index contributed by atoms with van der Waals surface area (Å²) in [7, 11) is 1.93. The Morgan fingerprint density at radius 2 is 2.10 bits per heavy atom. The molecule has 0 radical (unpaired) electrons. The number of anilines is 1. The van der Waals surface area contributed by atoms with Gasteiger partial charge in [-0.15, -0.1) is 0 Å². The number of aryl methyl sites for hydroxylation is 2. The van der Waals surface area contributed by atoms with Crippen LogP contribution in [0.5, 0.6) is 11.5 Å². The molecule has 0 aliphatic rings. The summed E-state index contributed by atoms with van der Waals surface area (Å²) in [5, 5.41) is 17.4. The van der Waals surface area contributed by atoms with Crippen molar-refractivity contribution in [3.05, 3.63) is 35.2 Å². The lowest BCUT2D eigenvalue weighted by Gasteiger charge is -2.10. The monoisotopic (exact) mass is 275 g/mol. The molecule has 5 heteroatoms. The van der Waals surface area contributed by atoms with E-state index in [2.05, 4.69) is 10.4 Å². The van der Waals surface area contributed by atoms with Crippen molar-refractivity contribution < 1.29 is 9.84 Å². The summed E-state index contributed by atoms with van der Waals surface area (Å²) >= 11 is 0. The summed E-state index contributed by atoms with van der Waals surface area (Å²) in [5.74, 6) is 0.691. The second-order valence-electron chi connectivity index (χ2n) is 4.76. The van der Waals surface area contributed by atoms with Crippen LogP contribution in [0.15, 0.2) is 18.2 Å². The molecule has 0 saturated carbocycles. The van der Waals surface area contributed by atoms with Crippen molar-refractivity contribution in [3.63, 3.8) is 0 Å². The maximum absolute atomic E-state index is 9.68. The first-order chi connectivity index (χ1) is 9.52. The number of hydrogen-bond donors (Lipinski definition) is 2. The molecular formula is C15H21N3O2. The van der Waals surface area contributed by atoms with Crippen molar-refractivity contribution in [1.82, 2.24) is 9.78 Å². The normalized spacial score (nSPS) is 10.6. The molecule has 0 atom stereocenters. The van der Waals surface area contributed by atoms with E-state index >= 15 is 0 Å². The van der Waals surface area contributed by atoms with Crippen LogP contribution in [0.25, 0.3) is 0 Å². The average molecular weight is 275 g/mol. The van der Waals surface area contributed by atoms with E-state index in [1.165, 1.54) is 0 Å². The molecule has 1 aromatic carbocycles. The highest BCUT2D eigenvalue weighted by Crippen LogP contribution is 2.27. The zero-order valence-electron chi connectivity index (χ0n) is 12.4. The molecule has 1 aromatic heterocycles. The van der Waals surface area contributed by atoms with E-state index in [9.17, 15) is 5.11 Å². The fraction of sp³-hybridized carbons (Fsp3) is 0.400. The van der Waals surface area contributed by atoms with E-state index in [0.29, 0.717) is 18.9 Å². The number of benzene rings is 1. The molecule has 5 nitrogen and oxygen atoms in total. The topological polar surface area (TPSA) is 59.3 Å². The zero-order chi connectivity index (χ0) is 14.7. The minimum Gasteiger partial charge on any atom is -0.504 e. The summed E-state index contributed by atoms with van der Waals surface area (Å²) in [6.07, 6.45) is 0. The first-order valence-electron chi connectivity index (χ1n) is 6.71. The number of phenolic OH excluding ortho intramolecular Hbond substituents is 1. The number of hydrogen-bond acceptors (Lipinski definition) is 4. The van der Waals surface area contributed by atoms with Crippen molar-refractivity contribution in [3.8, 4) is 11.5 Å². The summed E-state index contributed by atoms with van der Waals surface area (Å²) in [6.45, 7) is 7.11. The Balaban J connectivity index is 2.13. The van der Waals surface area contributed by atoms with Gasteiger partial charge < -0.3 is 15.2 Å². The largest absolute Gasteiger partial charge is 0.504 e. The van der Waals surface area contributed by atoms with Crippen molar-refractivity contribution in [1.29, 1.82) is 0 Å². The van der Waals surface area contributed by atoms with Gasteiger partial charge in [-0.2, -0.15) is 5.10 Å². The van der Waals surface area contributed by atoms with Crippen LogP contribution in [0.4, 0.5) is 5.69 Å². The van der Waals surface area contributed by atoms with Gasteiger partial charge in [0.05, 0.1) is 23.7 Å². The summed E-state index contributed by atoms with van der Waals surface area (Å²) < 4.78 is 7.25. The third-order valence-electron chi connectivity index (χ3n) is 3.30. The van der Waals surface area contributed by atoms with Crippen LogP contribution in [-0.2, 0) is 13.6 Å². The Morgan fingerprint density at radius 3 is 2.70 bits per heavy atom. The first-order valence-corrected chi connectivity index (χ1v) is 6.71. The van der Waals surface area contributed by atoms with Gasteiger partial charge in [0, 0.05) is 13.6 Å². The fourth-order valence-electron chi connectivity index (χ4n) is 2.16. The highest BCUT2D eigenvalue weighted by atomic mass is 16.5. The summed E-state index contributed by atoms with van der Waals surface area (Å²) in [6, 6.07) is 5.39. The highest BCUT2D eigenvalue weighted by Gasteiger charge is 2.09. The van der Waals surface area contributed by atoms with E-state index in [0.717, 1.165) is 22.6 Å². The van der Waals surface area contributed by atoms with E-state index in [1.807, 2.05) is 44.6 Å². The van der Waals surface area contributed by atoms with Crippen molar-refractivity contribution >= 4 is 5.69 Å². The molecule has 0 unspecified atom stereocenters. The molecule has 108 valence electrons. The number of aromatic hydroxyl groups is 1. The molecule has 0 spiro atoms. The Kier molecular flexibility index (Phi) is 4.17. The molecular weight excluding hydrogens is 254 g/mol. The lowest BCUT2D eigenvalue weighted by Crippen LogP contribution is -2.02. The molecule has 0 aliphatic heterocycles. The van der Waals surface area contributed by atoms with Crippen LogP contribution < -0.4 is 10.1 Å². The Bertz CT molecular complexity index is 605. The Hall–Kier alpha value is -2.17. The predicted molar refractivity (Wildman–Crippen MR) is 79.3 cm³/mol. The minimum absolute atomic E-state index is 0.171. The maximum atomic E-state index is 9.68. The number of phenols is 1. The Morgan fingerprint density at radius 1 is 1.35 bits per heavy atom. The van der Waals surface area contributed by atoms with Gasteiger partial charge in [0.1, 0.15) is 0 Å². The zero-order valence-corrected chi connectivity index (χ0v) is 12.4. The third-order valence-corrected chi connectivity index (χ3v) is 3.30. The highest BCUT2D eigenvalue weighted by molar-refractivity contribution is 5.53. The number of nitrogens with one attached hydrogen (secondary N) is 1.